The second kappa shape index (κ2) is 15.5. The lowest BCUT2D eigenvalue weighted by Crippen LogP contribution is -2.56. The van der Waals surface area contributed by atoms with Crippen LogP contribution >= 0.6 is 0 Å². The molecule has 0 aromatic heterocycles. The fourth-order valence-corrected chi connectivity index (χ4v) is 5.95. The van der Waals surface area contributed by atoms with E-state index < -0.39 is 18.5 Å². The maximum Gasteiger partial charge on any atom is 0.341 e. The summed E-state index contributed by atoms with van der Waals surface area (Å²) in [4.78, 5) is 42.1. The van der Waals surface area contributed by atoms with Gasteiger partial charge in [-0.15, -0.1) is 0 Å². The Bertz CT molecular complexity index is 1470. The number of hydrogen-bond donors (Lipinski definition) is 2. The van der Waals surface area contributed by atoms with E-state index in [9.17, 15) is 14.4 Å². The van der Waals surface area contributed by atoms with Crippen LogP contribution in [-0.2, 0) is 16.1 Å². The Morgan fingerprint density at radius 1 is 0.800 bits per heavy atom. The van der Waals surface area contributed by atoms with Gasteiger partial charge in [-0.3, -0.25) is 14.6 Å². The first kappa shape index (κ1) is 33.5. The number of rotatable bonds is 14. The molecular formula is C35H43N3O7. The molecule has 0 saturated carbocycles. The van der Waals surface area contributed by atoms with E-state index in [2.05, 4.69) is 23.6 Å². The van der Waals surface area contributed by atoms with Gasteiger partial charge in [0.05, 0.1) is 6.04 Å². The molecule has 1 amide bonds. The summed E-state index contributed by atoms with van der Waals surface area (Å²) >= 11 is 0. The van der Waals surface area contributed by atoms with E-state index in [1.807, 2.05) is 74.5 Å². The fourth-order valence-electron chi connectivity index (χ4n) is 5.95. The summed E-state index contributed by atoms with van der Waals surface area (Å²) in [6.45, 7) is 10.9. The van der Waals surface area contributed by atoms with Gasteiger partial charge in [-0.25, -0.2) is 9.59 Å². The lowest BCUT2D eigenvalue weighted by molar-refractivity contribution is -0.140. The molecule has 1 aliphatic rings. The molecule has 0 spiro atoms. The summed E-state index contributed by atoms with van der Waals surface area (Å²) in [5.74, 6) is -1.08. The van der Waals surface area contributed by atoms with Crippen molar-refractivity contribution in [3.8, 4) is 11.5 Å². The van der Waals surface area contributed by atoms with E-state index in [1.165, 1.54) is 0 Å². The van der Waals surface area contributed by atoms with Crippen LogP contribution in [0, 0.1) is 0 Å². The number of piperazine rings is 1. The van der Waals surface area contributed by atoms with Crippen LogP contribution in [0.25, 0.3) is 0 Å². The van der Waals surface area contributed by atoms with Crippen LogP contribution in [0.3, 0.4) is 0 Å². The normalized spacial score (nSPS) is 17.8. The van der Waals surface area contributed by atoms with Crippen molar-refractivity contribution in [3.05, 3.63) is 95.1 Å². The van der Waals surface area contributed by atoms with Crippen molar-refractivity contribution >= 4 is 17.8 Å². The van der Waals surface area contributed by atoms with E-state index >= 15 is 0 Å². The zero-order valence-corrected chi connectivity index (χ0v) is 26.4. The molecule has 1 fully saturated rings. The van der Waals surface area contributed by atoms with E-state index in [-0.39, 0.29) is 30.6 Å². The van der Waals surface area contributed by atoms with Gasteiger partial charge in [0.25, 0.3) is 5.91 Å². The molecule has 0 bridgehead atoms. The molecule has 0 aliphatic carbocycles. The summed E-state index contributed by atoms with van der Waals surface area (Å²) in [7, 11) is 0. The highest BCUT2D eigenvalue weighted by Crippen LogP contribution is 2.35. The SMILES string of the molecule is CCN(CC)C(=O)c1cccc(C(c2cccc(OCC(=O)O)c2)N2C[C@@H](C)N(Cc3cccc(OCC(=O)O)c3)C[C@@H]2C)c1. The fraction of sp³-hybridized carbons (Fsp3) is 0.400. The molecule has 3 aromatic rings. The Hall–Kier alpha value is -4.41. The third-order valence-electron chi connectivity index (χ3n) is 8.18. The molecule has 45 heavy (non-hydrogen) atoms. The highest BCUT2D eigenvalue weighted by molar-refractivity contribution is 5.94. The monoisotopic (exact) mass is 617 g/mol. The molecule has 1 saturated heterocycles. The minimum atomic E-state index is -1.04. The van der Waals surface area contributed by atoms with Gasteiger partial charge in [-0.05, 0) is 80.8 Å². The predicted octanol–water partition coefficient (Wildman–Crippen LogP) is 4.78. The number of carbonyl (C=O) groups is 3. The number of hydrogen-bond acceptors (Lipinski definition) is 7. The van der Waals surface area contributed by atoms with Crippen molar-refractivity contribution in [1.29, 1.82) is 0 Å². The van der Waals surface area contributed by atoms with Gasteiger partial charge in [0.15, 0.2) is 13.2 Å². The Morgan fingerprint density at radius 2 is 1.38 bits per heavy atom. The molecule has 10 heteroatoms. The maximum absolute atomic E-state index is 13.3. The summed E-state index contributed by atoms with van der Waals surface area (Å²) < 4.78 is 10.9. The Morgan fingerprint density at radius 3 is 2.00 bits per heavy atom. The van der Waals surface area contributed by atoms with Crippen molar-refractivity contribution in [2.75, 3.05) is 39.4 Å². The van der Waals surface area contributed by atoms with Crippen molar-refractivity contribution in [2.24, 2.45) is 0 Å². The Kier molecular flexibility index (Phi) is 11.6. The van der Waals surface area contributed by atoms with Crippen molar-refractivity contribution in [3.63, 3.8) is 0 Å². The molecule has 3 aromatic carbocycles. The van der Waals surface area contributed by atoms with Crippen LogP contribution < -0.4 is 9.47 Å². The minimum Gasteiger partial charge on any atom is -0.482 e. The van der Waals surface area contributed by atoms with Gasteiger partial charge in [0.2, 0.25) is 0 Å². The van der Waals surface area contributed by atoms with Gasteiger partial charge < -0.3 is 24.6 Å². The highest BCUT2D eigenvalue weighted by Gasteiger charge is 2.35. The van der Waals surface area contributed by atoms with Gasteiger partial charge in [0.1, 0.15) is 11.5 Å². The minimum absolute atomic E-state index is 0.0139. The lowest BCUT2D eigenvalue weighted by atomic mass is 9.92. The maximum atomic E-state index is 13.3. The van der Waals surface area contributed by atoms with Crippen molar-refractivity contribution in [2.45, 2.75) is 52.4 Å². The number of aliphatic carboxylic acids is 2. The van der Waals surface area contributed by atoms with Gasteiger partial charge in [-0.2, -0.15) is 0 Å². The number of carboxylic acids is 2. The first-order chi connectivity index (χ1) is 21.6. The molecule has 10 nitrogen and oxygen atoms in total. The molecule has 240 valence electrons. The number of amides is 1. The number of nitrogens with zero attached hydrogens (tertiary/aromatic N) is 3. The Balaban J connectivity index is 1.64. The number of carboxylic acid groups (broad SMARTS) is 2. The second-order valence-electron chi connectivity index (χ2n) is 11.4. The molecule has 0 radical (unpaired) electrons. The van der Waals surface area contributed by atoms with Crippen LogP contribution in [0.2, 0.25) is 0 Å². The quantitative estimate of drug-likeness (QED) is 0.263. The van der Waals surface area contributed by atoms with Gasteiger partial charge in [-0.1, -0.05) is 36.4 Å². The highest BCUT2D eigenvalue weighted by atomic mass is 16.5. The van der Waals surface area contributed by atoms with E-state index in [4.69, 9.17) is 19.7 Å². The van der Waals surface area contributed by atoms with Gasteiger partial charge in [0, 0.05) is 50.4 Å². The molecule has 1 unspecified atom stereocenters. The third kappa shape index (κ3) is 8.83. The number of benzene rings is 3. The van der Waals surface area contributed by atoms with Crippen LogP contribution in [0.15, 0.2) is 72.8 Å². The molecule has 2 N–H and O–H groups in total. The predicted molar refractivity (Wildman–Crippen MR) is 171 cm³/mol. The van der Waals surface area contributed by atoms with E-state index in [0.717, 1.165) is 29.8 Å². The smallest absolute Gasteiger partial charge is 0.341 e. The van der Waals surface area contributed by atoms with Crippen molar-refractivity contribution < 1.29 is 34.1 Å². The number of ether oxygens (including phenoxy) is 2. The zero-order chi connectivity index (χ0) is 32.5. The summed E-state index contributed by atoms with van der Waals surface area (Å²) in [5, 5.41) is 18.1. The second-order valence-corrected chi connectivity index (χ2v) is 11.4. The summed E-state index contributed by atoms with van der Waals surface area (Å²) in [5.41, 5.74) is 3.58. The van der Waals surface area contributed by atoms with Crippen LogP contribution in [0.5, 0.6) is 11.5 Å². The van der Waals surface area contributed by atoms with Gasteiger partial charge >= 0.3 is 11.9 Å². The van der Waals surface area contributed by atoms with Crippen LogP contribution in [0.4, 0.5) is 0 Å². The average molecular weight is 618 g/mol. The van der Waals surface area contributed by atoms with Crippen LogP contribution in [0.1, 0.15) is 60.8 Å². The van der Waals surface area contributed by atoms with Crippen molar-refractivity contribution in [1.82, 2.24) is 14.7 Å². The molecule has 3 atom stereocenters. The summed E-state index contributed by atoms with van der Waals surface area (Å²) in [6, 6.07) is 22.9. The topological polar surface area (TPSA) is 120 Å². The summed E-state index contributed by atoms with van der Waals surface area (Å²) in [6.07, 6.45) is 0. The molecule has 4 rings (SSSR count). The molecule has 1 heterocycles. The third-order valence-corrected chi connectivity index (χ3v) is 8.18. The first-order valence-electron chi connectivity index (χ1n) is 15.4. The first-order valence-corrected chi connectivity index (χ1v) is 15.4. The van der Waals surface area contributed by atoms with E-state index in [1.54, 1.807) is 17.0 Å². The van der Waals surface area contributed by atoms with Crippen LogP contribution in [-0.4, -0.2) is 94.2 Å². The molecular weight excluding hydrogens is 574 g/mol. The number of carbonyl (C=O) groups excluding carboxylic acids is 1. The molecule has 1 aliphatic heterocycles. The zero-order valence-electron chi connectivity index (χ0n) is 26.4. The Labute approximate surface area is 264 Å². The average Bonchev–Trinajstić information content (AvgIpc) is 3.02. The van der Waals surface area contributed by atoms with E-state index in [0.29, 0.717) is 36.7 Å². The largest absolute Gasteiger partial charge is 0.482 e. The lowest BCUT2D eigenvalue weighted by Gasteiger charge is -2.48. The standard InChI is InChI=1S/C35H43N3O7/c1-5-36(6-2)35(43)29-13-8-11-27(17-29)34(28-12-9-15-31(18-28)45-23-33(41)42)38-20-24(3)37(19-25(38)4)21-26-10-7-14-30(16-26)44-22-32(39)40/h7-18,24-25,34H,5-6,19-23H2,1-4H3,(H,39,40)(H,41,42)/t24-,25+,34?/m1/s1.